The number of aromatic hydroxyl groups is 2. The van der Waals surface area contributed by atoms with Gasteiger partial charge in [0.2, 0.25) is 11.5 Å². The lowest BCUT2D eigenvalue weighted by Crippen LogP contribution is -2.02. The van der Waals surface area contributed by atoms with E-state index in [1.165, 1.54) is 33.5 Å². The molecule has 4 heteroatoms. The minimum atomic E-state index is 0.0459. The molecule has 132 valence electrons. The second-order valence-electron chi connectivity index (χ2n) is 6.84. The molecule has 0 bridgehead atoms. The fourth-order valence-electron chi connectivity index (χ4n) is 2.94. The molecule has 0 heterocycles. The summed E-state index contributed by atoms with van der Waals surface area (Å²) in [6.45, 7) is 8.54. The van der Waals surface area contributed by atoms with Gasteiger partial charge < -0.3 is 19.7 Å². The summed E-state index contributed by atoms with van der Waals surface area (Å²) in [5.41, 5.74) is 1.41. The molecule has 0 unspecified atom stereocenters. The predicted octanol–water partition coefficient (Wildman–Crippen LogP) is 4.82. The third-order valence-corrected chi connectivity index (χ3v) is 4.50. The summed E-state index contributed by atoms with van der Waals surface area (Å²) >= 11 is 0. The molecule has 0 saturated carbocycles. The highest BCUT2D eigenvalue weighted by molar-refractivity contribution is 5.65. The highest BCUT2D eigenvalue weighted by atomic mass is 16.5. The van der Waals surface area contributed by atoms with Gasteiger partial charge in [0.05, 0.1) is 14.2 Å². The van der Waals surface area contributed by atoms with E-state index in [0.29, 0.717) is 17.9 Å². The first-order chi connectivity index (χ1) is 10.8. The molecule has 23 heavy (non-hydrogen) atoms. The van der Waals surface area contributed by atoms with E-state index in [9.17, 15) is 10.2 Å². The maximum absolute atomic E-state index is 10.5. The van der Waals surface area contributed by atoms with E-state index in [1.54, 1.807) is 6.92 Å². The largest absolute Gasteiger partial charge is 0.504 e. The van der Waals surface area contributed by atoms with Crippen LogP contribution in [0.3, 0.4) is 0 Å². The summed E-state index contributed by atoms with van der Waals surface area (Å²) < 4.78 is 10.4. The van der Waals surface area contributed by atoms with Gasteiger partial charge in [-0.25, -0.2) is 0 Å². The van der Waals surface area contributed by atoms with E-state index >= 15 is 0 Å². The minimum absolute atomic E-state index is 0.0459. The van der Waals surface area contributed by atoms with Gasteiger partial charge >= 0.3 is 0 Å². The van der Waals surface area contributed by atoms with Crippen molar-refractivity contribution in [1.29, 1.82) is 0 Å². The fourth-order valence-corrected chi connectivity index (χ4v) is 2.94. The molecule has 0 amide bonds. The predicted molar refractivity (Wildman–Crippen MR) is 93.8 cm³/mol. The molecule has 0 aliphatic rings. The molecule has 1 aromatic carbocycles. The maximum atomic E-state index is 10.5. The zero-order valence-corrected chi connectivity index (χ0v) is 15.4. The van der Waals surface area contributed by atoms with Crippen LogP contribution in [0.15, 0.2) is 0 Å². The molecule has 0 radical (unpaired) electrons. The second kappa shape index (κ2) is 8.90. The van der Waals surface area contributed by atoms with Crippen molar-refractivity contribution in [1.82, 2.24) is 0 Å². The Morgan fingerprint density at radius 3 is 1.96 bits per heavy atom. The number of hydrogen-bond acceptors (Lipinski definition) is 4. The molecule has 0 aliphatic carbocycles. The summed E-state index contributed by atoms with van der Waals surface area (Å²) in [6, 6.07) is 0. The van der Waals surface area contributed by atoms with Crippen LogP contribution in [-0.2, 0) is 6.42 Å². The molecule has 4 nitrogen and oxygen atoms in total. The summed E-state index contributed by atoms with van der Waals surface area (Å²) in [7, 11) is 2.91. The molecule has 2 N–H and O–H groups in total. The van der Waals surface area contributed by atoms with E-state index in [0.717, 1.165) is 17.9 Å². The Morgan fingerprint density at radius 1 is 0.870 bits per heavy atom. The molecule has 1 atom stereocenters. The molecular formula is C19H32O4. The Balaban J connectivity index is 2.83. The second-order valence-corrected chi connectivity index (χ2v) is 6.84. The average Bonchev–Trinajstić information content (AvgIpc) is 2.50. The lowest BCUT2D eigenvalue weighted by Gasteiger charge is -2.19. The zero-order chi connectivity index (χ0) is 17.6. The number of ether oxygens (including phenoxy) is 2. The van der Waals surface area contributed by atoms with Crippen LogP contribution in [0.25, 0.3) is 0 Å². The van der Waals surface area contributed by atoms with Crippen molar-refractivity contribution < 1.29 is 19.7 Å². The highest BCUT2D eigenvalue weighted by Gasteiger charge is 2.23. The third kappa shape index (κ3) is 4.95. The normalized spacial score (nSPS) is 12.5. The highest BCUT2D eigenvalue weighted by Crippen LogP contribution is 2.48. The molecule has 0 aliphatic heterocycles. The Labute approximate surface area is 140 Å². The monoisotopic (exact) mass is 324 g/mol. The number of phenolic OH excluding ortho intramolecular Hbond substituents is 2. The lowest BCUT2D eigenvalue weighted by molar-refractivity contribution is 0.313. The van der Waals surface area contributed by atoms with Crippen molar-refractivity contribution >= 4 is 0 Å². The minimum Gasteiger partial charge on any atom is -0.504 e. The fraction of sp³-hybridized carbons (Fsp3) is 0.684. The quantitative estimate of drug-likeness (QED) is 0.639. The average molecular weight is 324 g/mol. The van der Waals surface area contributed by atoms with E-state index in [2.05, 4.69) is 20.8 Å². The van der Waals surface area contributed by atoms with E-state index in [4.69, 9.17) is 9.47 Å². The molecule has 0 fully saturated rings. The standard InChI is InChI=1S/C19H32O4/c1-12(2)8-7-9-13(3)10-11-15-14(4)16(20)18(22-5)19(23-6)17(15)21/h12-13,20-21H,7-11H2,1-6H3/t13-/m0/s1. The van der Waals surface area contributed by atoms with Crippen LogP contribution in [0, 0.1) is 18.8 Å². The Morgan fingerprint density at radius 2 is 1.43 bits per heavy atom. The maximum Gasteiger partial charge on any atom is 0.207 e. The van der Waals surface area contributed by atoms with E-state index < -0.39 is 0 Å². The van der Waals surface area contributed by atoms with Crippen molar-refractivity contribution in [3.8, 4) is 23.0 Å². The first kappa shape index (κ1) is 19.5. The van der Waals surface area contributed by atoms with Crippen LogP contribution >= 0.6 is 0 Å². The van der Waals surface area contributed by atoms with Crippen LogP contribution in [0.1, 0.15) is 57.6 Å². The molecule has 1 rings (SSSR count). The van der Waals surface area contributed by atoms with Gasteiger partial charge in [0.15, 0.2) is 11.5 Å². The Kier molecular flexibility index (Phi) is 7.53. The van der Waals surface area contributed by atoms with Crippen molar-refractivity contribution in [2.75, 3.05) is 14.2 Å². The number of methoxy groups -OCH3 is 2. The van der Waals surface area contributed by atoms with Gasteiger partial charge in [0, 0.05) is 11.1 Å². The van der Waals surface area contributed by atoms with Gasteiger partial charge in [-0.15, -0.1) is 0 Å². The van der Waals surface area contributed by atoms with E-state index in [1.807, 2.05) is 0 Å². The topological polar surface area (TPSA) is 58.9 Å². The zero-order valence-electron chi connectivity index (χ0n) is 15.4. The third-order valence-electron chi connectivity index (χ3n) is 4.50. The van der Waals surface area contributed by atoms with Crippen molar-refractivity contribution in [2.45, 2.75) is 59.8 Å². The van der Waals surface area contributed by atoms with Gasteiger partial charge in [-0.2, -0.15) is 0 Å². The molecule has 0 aromatic heterocycles. The SMILES string of the molecule is COc1c(O)c(C)c(CC[C@@H](C)CCCC(C)C)c(O)c1OC. The van der Waals surface area contributed by atoms with Gasteiger partial charge in [0.25, 0.3) is 0 Å². The summed E-state index contributed by atoms with van der Waals surface area (Å²) in [5.74, 6) is 1.85. The lowest BCUT2D eigenvalue weighted by atomic mass is 9.92. The first-order valence-corrected chi connectivity index (χ1v) is 8.48. The first-order valence-electron chi connectivity index (χ1n) is 8.48. The Bertz CT molecular complexity index is 509. The number of hydrogen-bond donors (Lipinski definition) is 2. The van der Waals surface area contributed by atoms with Gasteiger partial charge in [-0.3, -0.25) is 0 Å². The van der Waals surface area contributed by atoms with Gasteiger partial charge in [-0.1, -0.05) is 40.0 Å². The molecule has 0 spiro atoms. The number of rotatable bonds is 9. The van der Waals surface area contributed by atoms with Crippen LogP contribution in [-0.4, -0.2) is 24.4 Å². The molecule has 0 saturated heterocycles. The summed E-state index contributed by atoms with van der Waals surface area (Å²) in [5, 5.41) is 20.7. The van der Waals surface area contributed by atoms with E-state index in [-0.39, 0.29) is 23.0 Å². The van der Waals surface area contributed by atoms with Crippen molar-refractivity contribution in [3.63, 3.8) is 0 Å². The summed E-state index contributed by atoms with van der Waals surface area (Å²) in [6.07, 6.45) is 5.37. The Hall–Kier alpha value is -1.58. The summed E-state index contributed by atoms with van der Waals surface area (Å²) in [4.78, 5) is 0. The van der Waals surface area contributed by atoms with Crippen LogP contribution in [0.5, 0.6) is 23.0 Å². The van der Waals surface area contributed by atoms with Crippen molar-refractivity contribution in [3.05, 3.63) is 11.1 Å². The number of phenols is 2. The van der Waals surface area contributed by atoms with Crippen LogP contribution in [0.2, 0.25) is 0 Å². The number of benzene rings is 1. The van der Waals surface area contributed by atoms with Crippen LogP contribution in [0.4, 0.5) is 0 Å². The van der Waals surface area contributed by atoms with Gasteiger partial charge in [0.1, 0.15) is 0 Å². The molecular weight excluding hydrogens is 292 g/mol. The van der Waals surface area contributed by atoms with Gasteiger partial charge in [-0.05, 0) is 31.6 Å². The van der Waals surface area contributed by atoms with Crippen LogP contribution < -0.4 is 9.47 Å². The van der Waals surface area contributed by atoms with Crippen molar-refractivity contribution in [2.24, 2.45) is 11.8 Å². The smallest absolute Gasteiger partial charge is 0.207 e. The molecule has 1 aromatic rings.